The minimum Gasteiger partial charge on any atom is -0.332 e. The summed E-state index contributed by atoms with van der Waals surface area (Å²) in [5.74, 6) is 0.735. The first kappa shape index (κ1) is 17.8. The van der Waals surface area contributed by atoms with Crippen LogP contribution in [0, 0.1) is 5.92 Å². The van der Waals surface area contributed by atoms with Gasteiger partial charge in [-0.15, -0.1) is 0 Å². The fourth-order valence-electron chi connectivity index (χ4n) is 5.97. The molecule has 1 atom stereocenters. The molecular weight excluding hydrogens is 386 g/mol. The van der Waals surface area contributed by atoms with Crippen LogP contribution in [0.2, 0.25) is 0 Å². The van der Waals surface area contributed by atoms with E-state index in [2.05, 4.69) is 38.1 Å². The summed E-state index contributed by atoms with van der Waals surface area (Å²) in [6.45, 7) is 2.57. The van der Waals surface area contributed by atoms with E-state index >= 15 is 0 Å². The van der Waals surface area contributed by atoms with E-state index in [1.807, 2.05) is 24.4 Å². The van der Waals surface area contributed by atoms with Gasteiger partial charge in [0.15, 0.2) is 0 Å². The molecule has 158 valence electrons. The lowest BCUT2D eigenvalue weighted by atomic mass is 9.82. The largest absolute Gasteiger partial charge is 0.332 e. The zero-order chi connectivity index (χ0) is 20.6. The second-order valence-corrected chi connectivity index (χ2v) is 10.1. The molecule has 3 fully saturated rings. The highest BCUT2D eigenvalue weighted by Crippen LogP contribution is 2.54. The van der Waals surface area contributed by atoms with Crippen molar-refractivity contribution in [3.63, 3.8) is 0 Å². The van der Waals surface area contributed by atoms with Crippen LogP contribution >= 0.6 is 0 Å². The van der Waals surface area contributed by atoms with Gasteiger partial charge >= 0.3 is 6.03 Å². The van der Waals surface area contributed by atoms with Gasteiger partial charge in [-0.3, -0.25) is 9.67 Å². The number of para-hydroxylation sites is 1. The van der Waals surface area contributed by atoms with Crippen LogP contribution < -0.4 is 5.32 Å². The molecule has 2 saturated carbocycles. The maximum atomic E-state index is 13.0. The molecule has 1 aromatic carbocycles. The summed E-state index contributed by atoms with van der Waals surface area (Å²) >= 11 is 0. The Hall–Kier alpha value is -2.89. The van der Waals surface area contributed by atoms with Crippen molar-refractivity contribution in [3.05, 3.63) is 48.3 Å². The van der Waals surface area contributed by atoms with E-state index in [0.717, 1.165) is 73.4 Å². The van der Waals surface area contributed by atoms with Crippen molar-refractivity contribution >= 4 is 16.9 Å². The molecule has 1 saturated heterocycles. The van der Waals surface area contributed by atoms with Gasteiger partial charge in [0.05, 0.1) is 11.2 Å². The van der Waals surface area contributed by atoms with Crippen molar-refractivity contribution in [1.82, 2.24) is 25.0 Å². The molecule has 7 rings (SSSR count). The summed E-state index contributed by atoms with van der Waals surface area (Å²) in [6, 6.07) is 12.8. The number of benzene rings is 1. The highest BCUT2D eigenvalue weighted by Gasteiger charge is 2.56. The van der Waals surface area contributed by atoms with Gasteiger partial charge in [0.1, 0.15) is 0 Å². The van der Waals surface area contributed by atoms with Crippen LogP contribution in [0.3, 0.4) is 0 Å². The van der Waals surface area contributed by atoms with Crippen molar-refractivity contribution in [2.24, 2.45) is 5.92 Å². The number of fused-ring (bicyclic) bond motifs is 3. The molecule has 0 bridgehead atoms. The first-order chi connectivity index (χ1) is 15.1. The second kappa shape index (κ2) is 6.09. The minimum absolute atomic E-state index is 0.0448. The van der Waals surface area contributed by atoms with Gasteiger partial charge in [-0.25, -0.2) is 4.79 Å². The number of hydrogen-bond donors (Lipinski definition) is 1. The Bertz CT molecular complexity index is 1210. The highest BCUT2D eigenvalue weighted by atomic mass is 16.2. The Balaban J connectivity index is 1.14. The molecule has 1 spiro atoms. The molecule has 1 N–H and O–H groups in total. The van der Waals surface area contributed by atoms with Crippen molar-refractivity contribution in [2.45, 2.75) is 56.0 Å². The fraction of sp³-hybridized carbons (Fsp3) is 0.480. The minimum atomic E-state index is 0.0448. The Morgan fingerprint density at radius 1 is 1.06 bits per heavy atom. The smallest absolute Gasteiger partial charge is 0.317 e. The second-order valence-electron chi connectivity index (χ2n) is 10.1. The maximum Gasteiger partial charge on any atom is 0.317 e. The third-order valence-corrected chi connectivity index (χ3v) is 8.16. The third-order valence-electron chi connectivity index (χ3n) is 8.16. The van der Waals surface area contributed by atoms with Gasteiger partial charge in [0, 0.05) is 53.4 Å². The molecule has 2 amide bonds. The fourth-order valence-corrected chi connectivity index (χ4v) is 5.97. The SMILES string of the molecule is O=C(NC1(C2CC2)CC1)N1CCC2(CCn3nc(-c4cnc5ccccc5c4)cc32)C1. The Morgan fingerprint density at radius 3 is 2.74 bits per heavy atom. The number of urea groups is 1. The number of aromatic nitrogens is 3. The van der Waals surface area contributed by atoms with Gasteiger partial charge in [-0.1, -0.05) is 18.2 Å². The normalized spacial score (nSPS) is 25.9. The molecule has 4 heterocycles. The van der Waals surface area contributed by atoms with Crippen LogP contribution in [0.5, 0.6) is 0 Å². The molecule has 2 aliphatic carbocycles. The molecule has 1 unspecified atom stereocenters. The lowest BCUT2D eigenvalue weighted by Gasteiger charge is -2.26. The number of rotatable bonds is 3. The van der Waals surface area contributed by atoms with Gasteiger partial charge in [-0.2, -0.15) is 5.10 Å². The average Bonchev–Trinajstić information content (AvgIpc) is 3.67. The van der Waals surface area contributed by atoms with E-state index in [-0.39, 0.29) is 17.0 Å². The van der Waals surface area contributed by atoms with Gasteiger partial charge in [0.25, 0.3) is 0 Å². The predicted molar refractivity (Wildman–Crippen MR) is 119 cm³/mol. The topological polar surface area (TPSA) is 63.1 Å². The Labute approximate surface area is 181 Å². The molecule has 0 radical (unpaired) electrons. The number of likely N-dealkylation sites (tertiary alicyclic amines) is 1. The molecule has 2 aliphatic heterocycles. The number of nitrogens with zero attached hydrogens (tertiary/aromatic N) is 4. The van der Waals surface area contributed by atoms with Crippen LogP contribution in [0.1, 0.15) is 44.2 Å². The zero-order valence-corrected chi connectivity index (χ0v) is 17.7. The first-order valence-corrected chi connectivity index (χ1v) is 11.6. The van der Waals surface area contributed by atoms with Gasteiger partial charge in [0.2, 0.25) is 0 Å². The van der Waals surface area contributed by atoms with Crippen molar-refractivity contribution in [2.75, 3.05) is 13.1 Å². The van der Waals surface area contributed by atoms with Crippen LogP contribution in [-0.4, -0.2) is 44.3 Å². The molecule has 31 heavy (non-hydrogen) atoms. The van der Waals surface area contributed by atoms with Crippen LogP contribution in [-0.2, 0) is 12.0 Å². The maximum absolute atomic E-state index is 13.0. The Kier molecular flexibility index (Phi) is 3.49. The zero-order valence-electron chi connectivity index (χ0n) is 17.7. The standard InChI is InChI=1S/C25H27N5O/c31-23(27-25(7-8-25)19-5-6-19)29-11-9-24(16-29)10-12-30-22(24)14-21(28-30)18-13-17-3-1-2-4-20(17)26-15-18/h1-4,13-15,19H,5-12,16H2,(H,27,31). The molecule has 6 nitrogen and oxygen atoms in total. The van der Waals surface area contributed by atoms with E-state index < -0.39 is 0 Å². The van der Waals surface area contributed by atoms with E-state index in [9.17, 15) is 4.79 Å². The summed E-state index contributed by atoms with van der Waals surface area (Å²) < 4.78 is 2.17. The first-order valence-electron chi connectivity index (χ1n) is 11.6. The lowest BCUT2D eigenvalue weighted by molar-refractivity contribution is 0.198. The molecule has 2 aromatic heterocycles. The Morgan fingerprint density at radius 2 is 1.90 bits per heavy atom. The van der Waals surface area contributed by atoms with Crippen molar-refractivity contribution in [1.29, 1.82) is 0 Å². The van der Waals surface area contributed by atoms with E-state index in [4.69, 9.17) is 5.10 Å². The van der Waals surface area contributed by atoms with E-state index in [0.29, 0.717) is 0 Å². The summed E-state index contributed by atoms with van der Waals surface area (Å²) in [7, 11) is 0. The van der Waals surface area contributed by atoms with Gasteiger partial charge in [-0.05, 0) is 62.6 Å². The number of pyridine rings is 1. The third kappa shape index (κ3) is 2.73. The molecule has 3 aromatic rings. The van der Waals surface area contributed by atoms with Crippen LogP contribution in [0.4, 0.5) is 4.79 Å². The molecular formula is C25H27N5O. The molecule has 6 heteroatoms. The quantitative estimate of drug-likeness (QED) is 0.703. The average molecular weight is 414 g/mol. The van der Waals surface area contributed by atoms with E-state index in [1.54, 1.807) is 0 Å². The summed E-state index contributed by atoms with van der Waals surface area (Å²) in [4.78, 5) is 19.7. The van der Waals surface area contributed by atoms with Gasteiger partial charge < -0.3 is 10.2 Å². The monoisotopic (exact) mass is 413 g/mol. The number of amides is 2. The number of carbonyl (C=O) groups is 1. The van der Waals surface area contributed by atoms with Crippen LogP contribution in [0.25, 0.3) is 22.2 Å². The van der Waals surface area contributed by atoms with E-state index in [1.165, 1.54) is 18.5 Å². The highest BCUT2D eigenvalue weighted by molar-refractivity contribution is 5.83. The summed E-state index contributed by atoms with van der Waals surface area (Å²) in [5, 5.41) is 9.46. The number of nitrogens with one attached hydrogen (secondary N) is 1. The number of carbonyl (C=O) groups excluding carboxylic acids is 1. The van der Waals surface area contributed by atoms with Crippen molar-refractivity contribution in [3.8, 4) is 11.3 Å². The number of aryl methyl sites for hydroxylation is 1. The predicted octanol–water partition coefficient (Wildman–Crippen LogP) is 4.10. The van der Waals surface area contributed by atoms with Crippen LogP contribution in [0.15, 0.2) is 42.6 Å². The lowest BCUT2D eigenvalue weighted by Crippen LogP contribution is -2.47. The number of hydrogen-bond acceptors (Lipinski definition) is 3. The summed E-state index contributed by atoms with van der Waals surface area (Å²) in [5.41, 5.74) is 4.52. The van der Waals surface area contributed by atoms with Crippen molar-refractivity contribution < 1.29 is 4.79 Å². The summed E-state index contributed by atoms with van der Waals surface area (Å²) in [6.07, 6.45) is 8.93. The molecule has 4 aliphatic rings.